The number of fused-ring (bicyclic) bond motifs is 1. The number of benzene rings is 2. The Morgan fingerprint density at radius 2 is 1.78 bits per heavy atom. The van der Waals surface area contributed by atoms with Crippen molar-refractivity contribution in [1.82, 2.24) is 19.7 Å². The zero-order chi connectivity index (χ0) is 15.6. The normalized spacial score (nSPS) is 11.0. The zero-order valence-electron chi connectivity index (χ0n) is 12.1. The quantitative estimate of drug-likeness (QED) is 0.581. The fourth-order valence-corrected chi connectivity index (χ4v) is 2.44. The Bertz CT molecular complexity index is 1020. The van der Waals surface area contributed by atoms with E-state index in [9.17, 15) is 4.79 Å². The Kier molecular flexibility index (Phi) is 3.20. The van der Waals surface area contributed by atoms with Gasteiger partial charge in [-0.3, -0.25) is 9.36 Å². The second-order valence-corrected chi connectivity index (χ2v) is 5.05. The van der Waals surface area contributed by atoms with E-state index in [1.165, 1.54) is 6.20 Å². The predicted octanol–water partition coefficient (Wildman–Crippen LogP) is 2.49. The van der Waals surface area contributed by atoms with E-state index in [1.807, 2.05) is 54.6 Å². The van der Waals surface area contributed by atoms with E-state index in [1.54, 1.807) is 4.57 Å². The highest BCUT2D eigenvalue weighted by atomic mass is 16.5. The molecule has 0 bridgehead atoms. The summed E-state index contributed by atoms with van der Waals surface area (Å²) in [7, 11) is 0. The van der Waals surface area contributed by atoms with Crippen LogP contribution in [0.15, 0.2) is 70.1 Å². The molecule has 6 heteroatoms. The lowest BCUT2D eigenvalue weighted by Crippen LogP contribution is -2.21. The number of para-hydroxylation sites is 2. The summed E-state index contributed by atoms with van der Waals surface area (Å²) in [5, 5.41) is 3.98. The third-order valence-electron chi connectivity index (χ3n) is 3.55. The predicted molar refractivity (Wildman–Crippen MR) is 84.8 cm³/mol. The summed E-state index contributed by atoms with van der Waals surface area (Å²) >= 11 is 0. The van der Waals surface area contributed by atoms with Crippen LogP contribution in [0.1, 0.15) is 5.89 Å². The molecular formula is C17H12N4O2. The first kappa shape index (κ1) is 13.4. The molecule has 0 amide bonds. The Morgan fingerprint density at radius 1 is 1.00 bits per heavy atom. The van der Waals surface area contributed by atoms with Crippen LogP contribution in [0.3, 0.4) is 0 Å². The summed E-state index contributed by atoms with van der Waals surface area (Å²) < 4.78 is 6.86. The Balaban J connectivity index is 1.73. The number of hydrogen-bond donors (Lipinski definition) is 0. The van der Waals surface area contributed by atoms with Gasteiger partial charge in [-0.15, -0.1) is 0 Å². The molecule has 112 valence electrons. The third kappa shape index (κ3) is 2.50. The molecule has 4 rings (SSSR count). The van der Waals surface area contributed by atoms with Crippen molar-refractivity contribution >= 4 is 11.0 Å². The van der Waals surface area contributed by atoms with Crippen molar-refractivity contribution in [1.29, 1.82) is 0 Å². The minimum absolute atomic E-state index is 0.205. The standard InChI is InChI=1S/C17H12N4O2/c22-16-10-18-13-8-4-5-9-14(13)21(16)11-15-19-17(20-23-15)12-6-2-1-3-7-12/h1-10H,11H2. The highest BCUT2D eigenvalue weighted by Gasteiger charge is 2.11. The average molecular weight is 304 g/mol. The summed E-state index contributed by atoms with van der Waals surface area (Å²) in [4.78, 5) is 20.6. The van der Waals surface area contributed by atoms with Gasteiger partial charge in [0.15, 0.2) is 0 Å². The van der Waals surface area contributed by atoms with Gasteiger partial charge in [0.1, 0.15) is 6.54 Å². The van der Waals surface area contributed by atoms with Gasteiger partial charge in [0.05, 0.1) is 17.2 Å². The molecule has 4 aromatic rings. The van der Waals surface area contributed by atoms with Crippen molar-refractivity contribution in [3.63, 3.8) is 0 Å². The molecule has 0 fully saturated rings. The lowest BCUT2D eigenvalue weighted by molar-refractivity contribution is 0.371. The minimum atomic E-state index is -0.205. The highest BCUT2D eigenvalue weighted by molar-refractivity contribution is 5.74. The summed E-state index contributed by atoms with van der Waals surface area (Å²) in [6, 6.07) is 17.0. The van der Waals surface area contributed by atoms with Crippen molar-refractivity contribution in [2.45, 2.75) is 6.54 Å². The van der Waals surface area contributed by atoms with Crippen molar-refractivity contribution in [3.05, 3.63) is 77.0 Å². The van der Waals surface area contributed by atoms with Crippen LogP contribution in [-0.2, 0) is 6.54 Å². The number of aromatic nitrogens is 4. The van der Waals surface area contributed by atoms with Crippen molar-refractivity contribution < 1.29 is 4.52 Å². The van der Waals surface area contributed by atoms with E-state index >= 15 is 0 Å². The zero-order valence-corrected chi connectivity index (χ0v) is 12.1. The van der Waals surface area contributed by atoms with Crippen LogP contribution in [0.2, 0.25) is 0 Å². The maximum absolute atomic E-state index is 12.1. The second kappa shape index (κ2) is 5.49. The lowest BCUT2D eigenvalue weighted by Gasteiger charge is -2.06. The molecule has 0 radical (unpaired) electrons. The SMILES string of the molecule is O=c1cnc2ccccc2n1Cc1nc(-c2ccccc2)no1. The van der Waals surface area contributed by atoms with Gasteiger partial charge in [0, 0.05) is 5.56 Å². The van der Waals surface area contributed by atoms with Gasteiger partial charge in [-0.1, -0.05) is 47.6 Å². The molecule has 0 saturated heterocycles. The van der Waals surface area contributed by atoms with Crippen LogP contribution in [0, 0.1) is 0 Å². The summed E-state index contributed by atoms with van der Waals surface area (Å²) in [5.74, 6) is 0.884. The maximum atomic E-state index is 12.1. The lowest BCUT2D eigenvalue weighted by atomic mass is 10.2. The van der Waals surface area contributed by atoms with Crippen molar-refractivity contribution in [2.75, 3.05) is 0 Å². The molecule has 6 nitrogen and oxygen atoms in total. The molecule has 0 aliphatic carbocycles. The number of rotatable bonds is 3. The molecule has 23 heavy (non-hydrogen) atoms. The molecule has 2 heterocycles. The molecule has 0 aliphatic heterocycles. The summed E-state index contributed by atoms with van der Waals surface area (Å²) in [6.07, 6.45) is 1.30. The van der Waals surface area contributed by atoms with E-state index in [0.29, 0.717) is 11.7 Å². The Morgan fingerprint density at radius 3 is 2.65 bits per heavy atom. The van der Waals surface area contributed by atoms with Crippen LogP contribution in [0.4, 0.5) is 0 Å². The Hall–Kier alpha value is -3.28. The minimum Gasteiger partial charge on any atom is -0.337 e. The van der Waals surface area contributed by atoms with Crippen LogP contribution in [0.5, 0.6) is 0 Å². The van der Waals surface area contributed by atoms with Crippen LogP contribution < -0.4 is 5.56 Å². The smallest absolute Gasteiger partial charge is 0.269 e. The first-order chi connectivity index (χ1) is 11.3. The molecule has 0 saturated carbocycles. The van der Waals surface area contributed by atoms with Gasteiger partial charge < -0.3 is 4.52 Å². The fraction of sp³-hybridized carbons (Fsp3) is 0.0588. The molecule has 0 N–H and O–H groups in total. The van der Waals surface area contributed by atoms with Crippen molar-refractivity contribution in [2.24, 2.45) is 0 Å². The van der Waals surface area contributed by atoms with Gasteiger partial charge >= 0.3 is 0 Å². The molecule has 0 aliphatic rings. The van der Waals surface area contributed by atoms with Crippen LogP contribution in [-0.4, -0.2) is 19.7 Å². The molecular weight excluding hydrogens is 292 g/mol. The fourth-order valence-electron chi connectivity index (χ4n) is 2.44. The van der Waals surface area contributed by atoms with Gasteiger partial charge in [0.2, 0.25) is 11.7 Å². The first-order valence-corrected chi connectivity index (χ1v) is 7.14. The monoisotopic (exact) mass is 304 g/mol. The van der Waals surface area contributed by atoms with E-state index in [-0.39, 0.29) is 12.1 Å². The molecule has 0 atom stereocenters. The second-order valence-electron chi connectivity index (χ2n) is 5.05. The first-order valence-electron chi connectivity index (χ1n) is 7.14. The number of hydrogen-bond acceptors (Lipinski definition) is 5. The summed E-state index contributed by atoms with van der Waals surface area (Å²) in [6.45, 7) is 0.210. The third-order valence-corrected chi connectivity index (χ3v) is 3.55. The van der Waals surface area contributed by atoms with E-state index in [0.717, 1.165) is 16.6 Å². The van der Waals surface area contributed by atoms with Crippen LogP contribution >= 0.6 is 0 Å². The van der Waals surface area contributed by atoms with Crippen molar-refractivity contribution in [3.8, 4) is 11.4 Å². The number of nitrogens with zero attached hydrogens (tertiary/aromatic N) is 4. The van der Waals surface area contributed by atoms with Crippen LogP contribution in [0.25, 0.3) is 22.4 Å². The van der Waals surface area contributed by atoms with Gasteiger partial charge in [0.25, 0.3) is 5.56 Å². The van der Waals surface area contributed by atoms with Gasteiger partial charge in [-0.2, -0.15) is 4.98 Å². The average Bonchev–Trinajstić information content (AvgIpc) is 3.07. The largest absolute Gasteiger partial charge is 0.337 e. The molecule has 0 spiro atoms. The molecule has 2 aromatic heterocycles. The van der Waals surface area contributed by atoms with E-state index in [2.05, 4.69) is 15.1 Å². The van der Waals surface area contributed by atoms with E-state index in [4.69, 9.17) is 4.52 Å². The topological polar surface area (TPSA) is 73.8 Å². The summed E-state index contributed by atoms with van der Waals surface area (Å²) in [5.41, 5.74) is 2.15. The maximum Gasteiger partial charge on any atom is 0.269 e. The Labute approximate surface area is 131 Å². The highest BCUT2D eigenvalue weighted by Crippen LogP contribution is 2.16. The van der Waals surface area contributed by atoms with Gasteiger partial charge in [-0.25, -0.2) is 4.98 Å². The van der Waals surface area contributed by atoms with E-state index < -0.39 is 0 Å². The molecule has 0 unspecified atom stereocenters. The molecule has 2 aromatic carbocycles. The van der Waals surface area contributed by atoms with Gasteiger partial charge in [-0.05, 0) is 12.1 Å².